The van der Waals surface area contributed by atoms with Gasteiger partial charge in [0.2, 0.25) is 0 Å². The van der Waals surface area contributed by atoms with Crippen LogP contribution in [0.1, 0.15) is 52.4 Å². The molecule has 4 rings (SSSR count). The summed E-state index contributed by atoms with van der Waals surface area (Å²) in [5.41, 5.74) is 0. The molecule has 0 aromatic heterocycles. The van der Waals surface area contributed by atoms with Crippen LogP contribution in [-0.4, -0.2) is 24.4 Å². The van der Waals surface area contributed by atoms with Gasteiger partial charge >= 0.3 is 0 Å². The molecule has 0 amide bonds. The van der Waals surface area contributed by atoms with Gasteiger partial charge in [0.05, 0.1) is 24.4 Å². The second kappa shape index (κ2) is 5.99. The van der Waals surface area contributed by atoms with Crippen molar-refractivity contribution in [2.75, 3.05) is 0 Å². The minimum absolute atomic E-state index is 0. The van der Waals surface area contributed by atoms with Crippen LogP contribution >= 0.6 is 0 Å². The summed E-state index contributed by atoms with van der Waals surface area (Å²) in [6.07, 6.45) is 10.8. The summed E-state index contributed by atoms with van der Waals surface area (Å²) in [6, 6.07) is 0. The first-order valence-electron chi connectivity index (χ1n) is 7.03. The number of epoxide rings is 2. The Morgan fingerprint density at radius 3 is 1.35 bits per heavy atom. The Morgan fingerprint density at radius 1 is 0.647 bits per heavy atom. The molecule has 0 aromatic carbocycles. The van der Waals surface area contributed by atoms with E-state index in [1.807, 2.05) is 0 Å². The molecule has 2 heterocycles. The van der Waals surface area contributed by atoms with Crippen molar-refractivity contribution >= 4 is 0 Å². The van der Waals surface area contributed by atoms with Gasteiger partial charge in [-0.2, -0.15) is 0 Å². The summed E-state index contributed by atoms with van der Waals surface area (Å²) < 4.78 is 10.7. The average molecular weight is 313 g/mol. The quantitative estimate of drug-likeness (QED) is 0.642. The number of rotatable bonds is 0. The van der Waals surface area contributed by atoms with Gasteiger partial charge in [-0.05, 0) is 50.4 Å². The summed E-state index contributed by atoms with van der Waals surface area (Å²) in [6.45, 7) is 4.63. The van der Waals surface area contributed by atoms with Gasteiger partial charge in [-0.1, -0.05) is 13.8 Å². The normalized spacial score (nSPS) is 49.8. The van der Waals surface area contributed by atoms with E-state index >= 15 is 0 Å². The standard InChI is InChI=1S/2C7H12O.Y/c2*1-5-2-3-6-7(4-5)8-6;/h2*5-7H,2-4H2,1H3;. The van der Waals surface area contributed by atoms with Crippen molar-refractivity contribution < 1.29 is 42.2 Å². The molecule has 0 N–H and O–H groups in total. The van der Waals surface area contributed by atoms with Gasteiger partial charge in [-0.3, -0.25) is 0 Å². The molecule has 2 saturated carbocycles. The average Bonchev–Trinajstić information content (AvgIpc) is 3.10. The van der Waals surface area contributed by atoms with Crippen molar-refractivity contribution in [3.05, 3.63) is 0 Å². The fourth-order valence-electron chi connectivity index (χ4n) is 3.21. The third-order valence-electron chi connectivity index (χ3n) is 4.53. The molecule has 6 atom stereocenters. The summed E-state index contributed by atoms with van der Waals surface area (Å²) in [4.78, 5) is 0. The second-order valence-corrected chi connectivity index (χ2v) is 6.26. The minimum Gasteiger partial charge on any atom is -0.370 e. The first kappa shape index (κ1) is 14.4. The molecule has 95 valence electrons. The van der Waals surface area contributed by atoms with E-state index < -0.39 is 0 Å². The molecule has 0 aromatic rings. The van der Waals surface area contributed by atoms with Crippen molar-refractivity contribution in [3.8, 4) is 0 Å². The monoisotopic (exact) mass is 313 g/mol. The maximum Gasteiger partial charge on any atom is 0.0844 e. The molecule has 3 heteroatoms. The third kappa shape index (κ3) is 3.99. The third-order valence-corrected chi connectivity index (χ3v) is 4.53. The largest absolute Gasteiger partial charge is 0.370 e. The topological polar surface area (TPSA) is 25.1 Å². The van der Waals surface area contributed by atoms with Crippen LogP contribution in [-0.2, 0) is 42.2 Å². The molecule has 2 aliphatic heterocycles. The summed E-state index contributed by atoms with van der Waals surface area (Å²) in [5.74, 6) is 1.86. The van der Waals surface area contributed by atoms with Crippen LogP contribution < -0.4 is 0 Å². The van der Waals surface area contributed by atoms with Gasteiger partial charge in [-0.15, -0.1) is 0 Å². The Morgan fingerprint density at radius 2 is 1.06 bits per heavy atom. The number of fused-ring (bicyclic) bond motifs is 2. The molecular weight excluding hydrogens is 289 g/mol. The van der Waals surface area contributed by atoms with Crippen molar-refractivity contribution in [3.63, 3.8) is 0 Å². The van der Waals surface area contributed by atoms with Crippen molar-refractivity contribution in [1.82, 2.24) is 0 Å². The molecule has 6 unspecified atom stereocenters. The van der Waals surface area contributed by atoms with Gasteiger partial charge in [0.1, 0.15) is 0 Å². The smallest absolute Gasteiger partial charge is 0.0844 e. The van der Waals surface area contributed by atoms with Crippen LogP contribution in [0.3, 0.4) is 0 Å². The molecule has 2 saturated heterocycles. The first-order valence-corrected chi connectivity index (χ1v) is 7.03. The summed E-state index contributed by atoms with van der Waals surface area (Å²) >= 11 is 0. The molecule has 0 spiro atoms. The van der Waals surface area contributed by atoms with Crippen molar-refractivity contribution in [2.45, 2.75) is 76.8 Å². The molecule has 2 aliphatic carbocycles. The van der Waals surface area contributed by atoms with E-state index in [0.717, 1.165) is 11.8 Å². The Kier molecular flexibility index (Phi) is 5.08. The van der Waals surface area contributed by atoms with E-state index in [0.29, 0.717) is 24.4 Å². The van der Waals surface area contributed by atoms with Gasteiger partial charge in [0.15, 0.2) is 0 Å². The fourth-order valence-corrected chi connectivity index (χ4v) is 3.21. The predicted molar refractivity (Wildman–Crippen MR) is 63.4 cm³/mol. The molecule has 2 nitrogen and oxygen atoms in total. The summed E-state index contributed by atoms with van der Waals surface area (Å²) in [7, 11) is 0. The molecule has 0 bridgehead atoms. The molecule has 1 radical (unpaired) electrons. The van der Waals surface area contributed by atoms with Crippen LogP contribution in [0.15, 0.2) is 0 Å². The van der Waals surface area contributed by atoms with E-state index in [1.165, 1.54) is 38.5 Å². The first-order chi connectivity index (χ1) is 7.72. The van der Waals surface area contributed by atoms with Gasteiger partial charge in [-0.25, -0.2) is 0 Å². The molecule has 4 fully saturated rings. The Bertz CT molecular complexity index is 233. The maximum atomic E-state index is 5.35. The van der Waals surface area contributed by atoms with Crippen LogP contribution in [0.4, 0.5) is 0 Å². The SMILES string of the molecule is CC1CCC2OC2C1.CC1CCC2OC2C1.[Y]. The van der Waals surface area contributed by atoms with E-state index in [4.69, 9.17) is 9.47 Å². The van der Waals surface area contributed by atoms with E-state index in [9.17, 15) is 0 Å². The number of hydrogen-bond acceptors (Lipinski definition) is 2. The fraction of sp³-hybridized carbons (Fsp3) is 1.00. The zero-order valence-corrected chi connectivity index (χ0v) is 13.9. The van der Waals surface area contributed by atoms with Crippen molar-refractivity contribution in [1.29, 1.82) is 0 Å². The Balaban J connectivity index is 0.000000120. The van der Waals surface area contributed by atoms with Gasteiger partial charge in [0.25, 0.3) is 0 Å². The second-order valence-electron chi connectivity index (χ2n) is 6.26. The van der Waals surface area contributed by atoms with Crippen LogP contribution in [0, 0.1) is 11.8 Å². The molecule has 4 aliphatic rings. The molecule has 17 heavy (non-hydrogen) atoms. The van der Waals surface area contributed by atoms with Crippen LogP contribution in [0.25, 0.3) is 0 Å². The van der Waals surface area contributed by atoms with Crippen LogP contribution in [0.2, 0.25) is 0 Å². The molecular formula is C14H24O2Y. The van der Waals surface area contributed by atoms with Gasteiger partial charge < -0.3 is 9.47 Å². The Hall–Kier alpha value is 1.02. The number of ether oxygens (including phenoxy) is 2. The number of hydrogen-bond donors (Lipinski definition) is 0. The van der Waals surface area contributed by atoms with E-state index in [2.05, 4.69) is 13.8 Å². The van der Waals surface area contributed by atoms with Crippen LogP contribution in [0.5, 0.6) is 0 Å². The summed E-state index contributed by atoms with van der Waals surface area (Å²) in [5, 5.41) is 0. The van der Waals surface area contributed by atoms with E-state index in [-0.39, 0.29) is 32.7 Å². The zero-order valence-electron chi connectivity index (χ0n) is 11.1. The Labute approximate surface area is 130 Å². The van der Waals surface area contributed by atoms with Gasteiger partial charge in [0, 0.05) is 32.7 Å². The maximum absolute atomic E-state index is 5.35. The zero-order chi connectivity index (χ0) is 11.1. The van der Waals surface area contributed by atoms with Crippen molar-refractivity contribution in [2.24, 2.45) is 11.8 Å². The van der Waals surface area contributed by atoms with E-state index in [1.54, 1.807) is 0 Å². The predicted octanol–water partition coefficient (Wildman–Crippen LogP) is 3.15. The minimum atomic E-state index is 0.